The monoisotopic (exact) mass is 390 g/mol. The Balaban J connectivity index is 1.28. The summed E-state index contributed by atoms with van der Waals surface area (Å²) in [6.07, 6.45) is 5.97. The Kier molecular flexibility index (Phi) is 5.48. The van der Waals surface area contributed by atoms with E-state index < -0.39 is 0 Å². The molecule has 0 bridgehead atoms. The second-order valence-electron chi connectivity index (χ2n) is 6.81. The third kappa shape index (κ3) is 4.28. The average Bonchev–Trinajstić information content (AvgIpc) is 3.35. The largest absolute Gasteiger partial charge is 0.341 e. The van der Waals surface area contributed by atoms with E-state index in [2.05, 4.69) is 16.1 Å². The molecule has 0 aliphatic heterocycles. The van der Waals surface area contributed by atoms with E-state index in [9.17, 15) is 4.79 Å². The van der Waals surface area contributed by atoms with Crippen molar-refractivity contribution in [2.45, 2.75) is 25.8 Å². The van der Waals surface area contributed by atoms with Gasteiger partial charge in [-0.25, -0.2) is 9.67 Å². The van der Waals surface area contributed by atoms with Crippen LogP contribution in [0.3, 0.4) is 0 Å². The molecule has 28 heavy (non-hydrogen) atoms. The molecule has 0 N–H and O–H groups in total. The van der Waals surface area contributed by atoms with E-state index in [1.165, 1.54) is 4.70 Å². The topological polar surface area (TPSA) is 51.0 Å². The molecule has 4 rings (SSSR count). The molecule has 0 unspecified atom stereocenters. The van der Waals surface area contributed by atoms with Crippen LogP contribution in [0.1, 0.15) is 23.4 Å². The van der Waals surface area contributed by atoms with Crippen molar-refractivity contribution < 1.29 is 4.79 Å². The molecule has 0 atom stereocenters. The molecule has 2 aromatic carbocycles. The zero-order chi connectivity index (χ0) is 19.3. The van der Waals surface area contributed by atoms with Gasteiger partial charge in [-0.1, -0.05) is 30.3 Å². The number of carbonyl (C=O) groups excluding carboxylic acids is 1. The molecule has 0 fully saturated rings. The van der Waals surface area contributed by atoms with Crippen molar-refractivity contribution in [3.63, 3.8) is 0 Å². The van der Waals surface area contributed by atoms with Gasteiger partial charge in [0.25, 0.3) is 0 Å². The number of aryl methyl sites for hydroxylation is 1. The summed E-state index contributed by atoms with van der Waals surface area (Å²) in [5.41, 5.74) is 3.07. The fourth-order valence-corrected chi connectivity index (χ4v) is 4.14. The molecular weight excluding hydrogens is 368 g/mol. The summed E-state index contributed by atoms with van der Waals surface area (Å²) >= 11 is 1.71. The van der Waals surface area contributed by atoms with E-state index in [1.807, 2.05) is 72.7 Å². The van der Waals surface area contributed by atoms with Crippen LogP contribution >= 0.6 is 11.3 Å². The van der Waals surface area contributed by atoms with Gasteiger partial charge in [-0.05, 0) is 37.1 Å². The first kappa shape index (κ1) is 18.4. The van der Waals surface area contributed by atoms with Crippen LogP contribution in [0.4, 0.5) is 0 Å². The third-order valence-corrected chi connectivity index (χ3v) is 5.72. The maximum absolute atomic E-state index is 12.5. The summed E-state index contributed by atoms with van der Waals surface area (Å²) in [5, 5.41) is 5.49. The number of para-hydroxylation sites is 2. The van der Waals surface area contributed by atoms with E-state index >= 15 is 0 Å². The SMILES string of the molecule is CN(Cc1cnn(-c2ccccc2)c1)C(=O)CCCc1nc2ccccc2s1. The standard InChI is InChI=1S/C22H22N4OS/c1-25(15-17-14-23-26(16-17)18-8-3-2-4-9-18)22(27)13-7-12-21-24-19-10-5-6-11-20(19)28-21/h2-6,8-11,14,16H,7,12-13,15H2,1H3. The van der Waals surface area contributed by atoms with E-state index in [4.69, 9.17) is 0 Å². The predicted octanol–water partition coefficient (Wildman–Crippen LogP) is 4.46. The van der Waals surface area contributed by atoms with E-state index in [-0.39, 0.29) is 5.91 Å². The lowest BCUT2D eigenvalue weighted by atomic mass is 10.2. The molecule has 0 radical (unpaired) electrons. The molecule has 4 aromatic rings. The number of hydrogen-bond donors (Lipinski definition) is 0. The maximum Gasteiger partial charge on any atom is 0.222 e. The lowest BCUT2D eigenvalue weighted by Crippen LogP contribution is -2.25. The van der Waals surface area contributed by atoms with Gasteiger partial charge in [0.05, 0.1) is 27.1 Å². The van der Waals surface area contributed by atoms with Crippen molar-refractivity contribution in [3.05, 3.63) is 77.6 Å². The van der Waals surface area contributed by atoms with Gasteiger partial charge < -0.3 is 4.90 Å². The summed E-state index contributed by atoms with van der Waals surface area (Å²) in [7, 11) is 1.85. The molecule has 0 saturated heterocycles. The van der Waals surface area contributed by atoms with Gasteiger partial charge in [0.1, 0.15) is 0 Å². The summed E-state index contributed by atoms with van der Waals surface area (Å²) in [6.45, 7) is 0.562. The number of carbonyl (C=O) groups is 1. The molecule has 0 aliphatic carbocycles. The Hall–Kier alpha value is -2.99. The van der Waals surface area contributed by atoms with Gasteiger partial charge in [0, 0.05) is 31.8 Å². The van der Waals surface area contributed by atoms with Crippen LogP contribution in [0.5, 0.6) is 0 Å². The van der Waals surface area contributed by atoms with Crippen LogP contribution in [0.2, 0.25) is 0 Å². The van der Waals surface area contributed by atoms with Crippen molar-refractivity contribution in [3.8, 4) is 5.69 Å². The second-order valence-corrected chi connectivity index (χ2v) is 7.92. The van der Waals surface area contributed by atoms with Crippen LogP contribution in [-0.4, -0.2) is 32.6 Å². The van der Waals surface area contributed by atoms with Gasteiger partial charge in [-0.3, -0.25) is 4.79 Å². The number of rotatable bonds is 7. The quantitative estimate of drug-likeness (QED) is 0.468. The lowest BCUT2D eigenvalue weighted by molar-refractivity contribution is -0.130. The molecule has 0 saturated carbocycles. The van der Waals surface area contributed by atoms with Gasteiger partial charge in [0.15, 0.2) is 0 Å². The summed E-state index contributed by atoms with van der Waals surface area (Å²) < 4.78 is 3.04. The fraction of sp³-hybridized carbons (Fsp3) is 0.227. The van der Waals surface area contributed by atoms with Crippen LogP contribution < -0.4 is 0 Å². The fourth-order valence-electron chi connectivity index (χ4n) is 3.13. The lowest BCUT2D eigenvalue weighted by Gasteiger charge is -2.15. The number of nitrogens with zero attached hydrogens (tertiary/aromatic N) is 4. The molecular formula is C22H22N4OS. The van der Waals surface area contributed by atoms with Crippen LogP contribution in [0.15, 0.2) is 67.0 Å². The zero-order valence-corrected chi connectivity index (χ0v) is 16.6. The average molecular weight is 391 g/mol. The number of fused-ring (bicyclic) bond motifs is 1. The van der Waals surface area contributed by atoms with Crippen molar-refractivity contribution in [2.75, 3.05) is 7.05 Å². The van der Waals surface area contributed by atoms with Gasteiger partial charge in [0.2, 0.25) is 5.91 Å². The maximum atomic E-state index is 12.5. The van der Waals surface area contributed by atoms with Crippen molar-refractivity contribution >= 4 is 27.5 Å². The Morgan fingerprint density at radius 2 is 1.89 bits per heavy atom. The minimum atomic E-state index is 0.147. The first-order valence-corrected chi connectivity index (χ1v) is 10.2. The van der Waals surface area contributed by atoms with E-state index in [0.29, 0.717) is 13.0 Å². The number of thiazole rings is 1. The normalized spacial score (nSPS) is 11.0. The molecule has 1 amide bonds. The molecule has 6 heteroatoms. The Morgan fingerprint density at radius 1 is 1.11 bits per heavy atom. The van der Waals surface area contributed by atoms with E-state index in [0.717, 1.165) is 34.6 Å². The van der Waals surface area contributed by atoms with Crippen LogP contribution in [0, 0.1) is 0 Å². The van der Waals surface area contributed by atoms with E-state index in [1.54, 1.807) is 16.2 Å². The first-order chi connectivity index (χ1) is 13.7. The van der Waals surface area contributed by atoms with Gasteiger partial charge in [-0.2, -0.15) is 5.10 Å². The molecule has 2 heterocycles. The zero-order valence-electron chi connectivity index (χ0n) is 15.8. The third-order valence-electron chi connectivity index (χ3n) is 4.62. The van der Waals surface area contributed by atoms with Gasteiger partial charge in [-0.15, -0.1) is 11.3 Å². The molecule has 142 valence electrons. The number of amides is 1. The van der Waals surface area contributed by atoms with Crippen molar-refractivity contribution in [2.24, 2.45) is 0 Å². The highest BCUT2D eigenvalue weighted by Crippen LogP contribution is 2.22. The Labute approximate surface area is 168 Å². The van der Waals surface area contributed by atoms with Crippen LogP contribution in [0.25, 0.3) is 15.9 Å². The van der Waals surface area contributed by atoms with Gasteiger partial charge >= 0.3 is 0 Å². The summed E-state index contributed by atoms with van der Waals surface area (Å²) in [4.78, 5) is 18.9. The Morgan fingerprint density at radius 3 is 2.71 bits per heavy atom. The first-order valence-electron chi connectivity index (χ1n) is 9.36. The smallest absolute Gasteiger partial charge is 0.222 e. The minimum Gasteiger partial charge on any atom is -0.341 e. The molecule has 5 nitrogen and oxygen atoms in total. The number of hydrogen-bond acceptors (Lipinski definition) is 4. The summed E-state index contributed by atoms with van der Waals surface area (Å²) in [6, 6.07) is 18.1. The predicted molar refractivity (Wildman–Crippen MR) is 113 cm³/mol. The summed E-state index contributed by atoms with van der Waals surface area (Å²) in [5.74, 6) is 0.147. The van der Waals surface area contributed by atoms with Crippen LogP contribution in [-0.2, 0) is 17.8 Å². The highest BCUT2D eigenvalue weighted by Gasteiger charge is 2.12. The second kappa shape index (κ2) is 8.35. The molecule has 0 spiro atoms. The number of benzene rings is 2. The number of aromatic nitrogens is 3. The molecule has 0 aliphatic rings. The minimum absolute atomic E-state index is 0.147. The van der Waals surface area contributed by atoms with Crippen molar-refractivity contribution in [1.29, 1.82) is 0 Å². The highest BCUT2D eigenvalue weighted by molar-refractivity contribution is 7.18. The molecule has 2 aromatic heterocycles. The highest BCUT2D eigenvalue weighted by atomic mass is 32.1. The van der Waals surface area contributed by atoms with Crippen molar-refractivity contribution in [1.82, 2.24) is 19.7 Å². The Bertz CT molecular complexity index is 1040.